The summed E-state index contributed by atoms with van der Waals surface area (Å²) in [6.45, 7) is 5.78. The standard InChI is InChI=1S/C13H28N2O5/c1-9(5-16)14(10(2)6-17)13(20)15(11(3)7-18)12(4)8-19/h9-12,16-19H,5-8H2,1-4H3. The van der Waals surface area contributed by atoms with Crippen LogP contribution in [0.25, 0.3) is 0 Å². The van der Waals surface area contributed by atoms with E-state index < -0.39 is 30.2 Å². The second kappa shape index (κ2) is 9.12. The lowest BCUT2D eigenvalue weighted by Crippen LogP contribution is -2.58. The lowest BCUT2D eigenvalue weighted by Gasteiger charge is -2.41. The highest BCUT2D eigenvalue weighted by atomic mass is 16.3. The zero-order valence-electron chi connectivity index (χ0n) is 12.7. The van der Waals surface area contributed by atoms with Gasteiger partial charge < -0.3 is 30.2 Å². The Balaban J connectivity index is 5.34. The van der Waals surface area contributed by atoms with Crippen LogP contribution in [0.3, 0.4) is 0 Å². The molecule has 120 valence electrons. The molecule has 4 atom stereocenters. The smallest absolute Gasteiger partial charge is 0.321 e. The molecule has 0 aliphatic carbocycles. The Morgan fingerprint density at radius 2 is 0.900 bits per heavy atom. The quantitative estimate of drug-likeness (QED) is 0.470. The SMILES string of the molecule is CC(CO)N(C(=O)N(C(C)CO)C(C)CO)C(C)CO. The van der Waals surface area contributed by atoms with Crippen molar-refractivity contribution in [2.75, 3.05) is 26.4 Å². The Morgan fingerprint density at radius 1 is 0.700 bits per heavy atom. The average molecular weight is 292 g/mol. The van der Waals surface area contributed by atoms with Crippen molar-refractivity contribution in [3.63, 3.8) is 0 Å². The first-order chi connectivity index (χ1) is 9.35. The van der Waals surface area contributed by atoms with Gasteiger partial charge in [0.05, 0.1) is 50.6 Å². The van der Waals surface area contributed by atoms with Gasteiger partial charge in [0.15, 0.2) is 0 Å². The van der Waals surface area contributed by atoms with Crippen molar-refractivity contribution in [3.8, 4) is 0 Å². The molecule has 2 amide bonds. The number of aliphatic hydroxyl groups is 4. The largest absolute Gasteiger partial charge is 0.394 e. The van der Waals surface area contributed by atoms with Crippen molar-refractivity contribution < 1.29 is 25.2 Å². The van der Waals surface area contributed by atoms with Crippen LogP contribution in [0.2, 0.25) is 0 Å². The van der Waals surface area contributed by atoms with Crippen LogP contribution in [0.15, 0.2) is 0 Å². The first kappa shape index (κ1) is 19.1. The Morgan fingerprint density at radius 3 is 1.05 bits per heavy atom. The van der Waals surface area contributed by atoms with Crippen molar-refractivity contribution in [2.45, 2.75) is 51.9 Å². The summed E-state index contributed by atoms with van der Waals surface area (Å²) in [5.41, 5.74) is 0. The average Bonchev–Trinajstić information content (AvgIpc) is 2.46. The summed E-state index contributed by atoms with van der Waals surface area (Å²) >= 11 is 0. The van der Waals surface area contributed by atoms with E-state index >= 15 is 0 Å². The van der Waals surface area contributed by atoms with Gasteiger partial charge in [-0.05, 0) is 27.7 Å². The van der Waals surface area contributed by atoms with Crippen LogP contribution in [0, 0.1) is 0 Å². The Hall–Kier alpha value is -0.890. The van der Waals surface area contributed by atoms with Gasteiger partial charge in [-0.25, -0.2) is 4.79 Å². The molecule has 0 fully saturated rings. The summed E-state index contributed by atoms with van der Waals surface area (Å²) in [6.07, 6.45) is 0. The van der Waals surface area contributed by atoms with Crippen LogP contribution in [-0.4, -0.2) is 86.9 Å². The number of carbonyl (C=O) groups excluding carboxylic acids is 1. The van der Waals surface area contributed by atoms with E-state index in [1.807, 2.05) is 0 Å². The number of carbonyl (C=O) groups is 1. The predicted octanol–water partition coefficient (Wildman–Crippen LogP) is -0.766. The zero-order chi connectivity index (χ0) is 15.9. The fourth-order valence-electron chi connectivity index (χ4n) is 2.11. The van der Waals surface area contributed by atoms with Gasteiger partial charge in [-0.1, -0.05) is 0 Å². The van der Waals surface area contributed by atoms with Gasteiger partial charge in [0.25, 0.3) is 0 Å². The molecule has 0 aromatic heterocycles. The summed E-state index contributed by atoms with van der Waals surface area (Å²) in [5, 5.41) is 37.1. The molecule has 7 heteroatoms. The van der Waals surface area contributed by atoms with Crippen molar-refractivity contribution in [1.29, 1.82) is 0 Å². The Kier molecular flexibility index (Phi) is 8.71. The summed E-state index contributed by atoms with van der Waals surface area (Å²) < 4.78 is 0. The molecule has 0 bridgehead atoms. The number of hydrogen-bond acceptors (Lipinski definition) is 5. The first-order valence-electron chi connectivity index (χ1n) is 6.89. The van der Waals surface area contributed by atoms with Gasteiger partial charge in [0.1, 0.15) is 0 Å². The molecule has 0 aromatic carbocycles. The number of hydrogen-bond donors (Lipinski definition) is 4. The number of urea groups is 1. The third-order valence-electron chi connectivity index (χ3n) is 3.40. The fraction of sp³-hybridized carbons (Fsp3) is 0.923. The lowest BCUT2D eigenvalue weighted by atomic mass is 10.2. The van der Waals surface area contributed by atoms with Crippen LogP contribution in [0.1, 0.15) is 27.7 Å². The van der Waals surface area contributed by atoms with Gasteiger partial charge in [-0.15, -0.1) is 0 Å². The minimum absolute atomic E-state index is 0.231. The maximum atomic E-state index is 12.7. The molecule has 0 aromatic rings. The molecule has 0 radical (unpaired) electrons. The molecule has 0 spiro atoms. The van der Waals surface area contributed by atoms with Gasteiger partial charge in [0.2, 0.25) is 0 Å². The Bertz CT molecular complexity index is 244. The molecule has 0 rings (SSSR count). The minimum atomic E-state index is -0.469. The van der Waals surface area contributed by atoms with Gasteiger partial charge in [0, 0.05) is 0 Å². The molecule has 0 aliphatic rings. The number of aliphatic hydroxyl groups excluding tert-OH is 4. The molecule has 4 N–H and O–H groups in total. The second-order valence-corrected chi connectivity index (χ2v) is 5.22. The first-order valence-corrected chi connectivity index (χ1v) is 6.89. The highest BCUT2D eigenvalue weighted by molar-refractivity contribution is 5.76. The molecule has 7 nitrogen and oxygen atoms in total. The van der Waals surface area contributed by atoms with E-state index in [9.17, 15) is 25.2 Å². The van der Waals surface area contributed by atoms with Crippen molar-refractivity contribution >= 4 is 6.03 Å². The molecule has 20 heavy (non-hydrogen) atoms. The van der Waals surface area contributed by atoms with E-state index in [4.69, 9.17) is 0 Å². The molecular weight excluding hydrogens is 264 g/mol. The van der Waals surface area contributed by atoms with Gasteiger partial charge in [-0.2, -0.15) is 0 Å². The van der Waals surface area contributed by atoms with E-state index in [-0.39, 0.29) is 26.4 Å². The summed E-state index contributed by atoms with van der Waals surface area (Å²) in [6, 6.07) is -2.29. The van der Waals surface area contributed by atoms with Crippen LogP contribution < -0.4 is 0 Å². The van der Waals surface area contributed by atoms with E-state index in [1.165, 1.54) is 9.80 Å². The third-order valence-corrected chi connectivity index (χ3v) is 3.40. The highest BCUT2D eigenvalue weighted by Crippen LogP contribution is 2.15. The van der Waals surface area contributed by atoms with Gasteiger partial charge in [-0.3, -0.25) is 0 Å². The molecule has 0 saturated heterocycles. The van der Waals surface area contributed by atoms with Crippen molar-refractivity contribution in [1.82, 2.24) is 9.80 Å². The minimum Gasteiger partial charge on any atom is -0.394 e. The van der Waals surface area contributed by atoms with E-state index in [1.54, 1.807) is 27.7 Å². The van der Waals surface area contributed by atoms with Crippen molar-refractivity contribution in [2.24, 2.45) is 0 Å². The van der Waals surface area contributed by atoms with Crippen molar-refractivity contribution in [3.05, 3.63) is 0 Å². The number of nitrogens with zero attached hydrogens (tertiary/aromatic N) is 2. The second-order valence-electron chi connectivity index (χ2n) is 5.22. The summed E-state index contributed by atoms with van der Waals surface area (Å²) in [5.74, 6) is 0. The van der Waals surface area contributed by atoms with Crippen LogP contribution in [0.4, 0.5) is 4.79 Å². The third kappa shape index (κ3) is 4.59. The van der Waals surface area contributed by atoms with Crippen LogP contribution in [0.5, 0.6) is 0 Å². The lowest BCUT2D eigenvalue weighted by molar-refractivity contribution is 0.0341. The van der Waals surface area contributed by atoms with Crippen LogP contribution >= 0.6 is 0 Å². The molecule has 0 heterocycles. The van der Waals surface area contributed by atoms with E-state index in [0.29, 0.717) is 0 Å². The molecule has 4 unspecified atom stereocenters. The fourth-order valence-corrected chi connectivity index (χ4v) is 2.11. The number of rotatable bonds is 8. The molecule has 0 aliphatic heterocycles. The van der Waals surface area contributed by atoms with Gasteiger partial charge >= 0.3 is 6.03 Å². The number of amides is 2. The summed E-state index contributed by atoms with van der Waals surface area (Å²) in [7, 11) is 0. The summed E-state index contributed by atoms with van der Waals surface area (Å²) in [4.78, 5) is 15.4. The predicted molar refractivity (Wildman–Crippen MR) is 75.3 cm³/mol. The zero-order valence-corrected chi connectivity index (χ0v) is 12.7. The molecular formula is C13H28N2O5. The maximum Gasteiger partial charge on any atom is 0.321 e. The molecule has 0 saturated carbocycles. The monoisotopic (exact) mass is 292 g/mol. The van der Waals surface area contributed by atoms with E-state index in [2.05, 4.69) is 0 Å². The highest BCUT2D eigenvalue weighted by Gasteiger charge is 2.33. The van der Waals surface area contributed by atoms with E-state index in [0.717, 1.165) is 0 Å². The Labute approximate surface area is 120 Å². The maximum absolute atomic E-state index is 12.7. The van der Waals surface area contributed by atoms with Crippen LogP contribution in [-0.2, 0) is 0 Å². The topological polar surface area (TPSA) is 104 Å². The normalized spacial score (nSPS) is 17.2.